The molecule has 0 saturated carbocycles. The van der Waals surface area contributed by atoms with Crippen LogP contribution in [0.5, 0.6) is 17.2 Å². The van der Waals surface area contributed by atoms with Gasteiger partial charge in [0.1, 0.15) is 5.03 Å². The second-order valence-corrected chi connectivity index (χ2v) is 5.91. The third-order valence-corrected chi connectivity index (χ3v) is 4.08. The topological polar surface area (TPSA) is 77.6 Å². The molecule has 0 saturated heterocycles. The molecule has 0 spiro atoms. The van der Waals surface area contributed by atoms with Crippen molar-refractivity contribution in [2.24, 2.45) is 0 Å². The summed E-state index contributed by atoms with van der Waals surface area (Å²) in [7, 11) is 2.91. The van der Waals surface area contributed by atoms with Crippen molar-refractivity contribution in [2.45, 2.75) is 6.92 Å². The highest BCUT2D eigenvalue weighted by molar-refractivity contribution is 6.50. The lowest BCUT2D eigenvalue weighted by Gasteiger charge is -2.09. The molecule has 2 aromatic carbocycles. The van der Waals surface area contributed by atoms with Crippen LogP contribution in [0.3, 0.4) is 0 Å². The molecule has 0 aliphatic rings. The lowest BCUT2D eigenvalue weighted by Crippen LogP contribution is -1.90. The second-order valence-electron chi connectivity index (χ2n) is 5.50. The molecule has 1 aromatic heterocycles. The number of phenols is 1. The van der Waals surface area contributed by atoms with E-state index in [4.69, 9.17) is 25.6 Å². The quantitative estimate of drug-likeness (QED) is 0.710. The van der Waals surface area contributed by atoms with Crippen molar-refractivity contribution in [2.75, 3.05) is 14.2 Å². The molecule has 0 amide bonds. The molecule has 0 fully saturated rings. The van der Waals surface area contributed by atoms with E-state index in [0.29, 0.717) is 11.4 Å². The number of hydrogen-bond acceptors (Lipinski definition) is 6. The fourth-order valence-electron chi connectivity index (χ4n) is 2.46. The highest BCUT2D eigenvalue weighted by Crippen LogP contribution is 2.38. The maximum absolute atomic E-state index is 9.98. The molecule has 26 heavy (non-hydrogen) atoms. The van der Waals surface area contributed by atoms with Crippen LogP contribution in [0, 0.1) is 6.92 Å². The zero-order chi connectivity index (χ0) is 18.7. The first-order chi connectivity index (χ1) is 12.5. The normalized spacial score (nSPS) is 11.5. The lowest BCUT2D eigenvalue weighted by molar-refractivity contribution is 0.340. The maximum Gasteiger partial charge on any atom is 0.269 e. The van der Waals surface area contributed by atoms with E-state index in [-0.39, 0.29) is 28.2 Å². The second kappa shape index (κ2) is 7.49. The number of benzene rings is 2. The van der Waals surface area contributed by atoms with E-state index in [0.717, 1.165) is 11.1 Å². The predicted molar refractivity (Wildman–Crippen MR) is 99.4 cm³/mol. The number of aromatic nitrogens is 2. The van der Waals surface area contributed by atoms with Crippen LogP contribution in [0.1, 0.15) is 17.0 Å². The van der Waals surface area contributed by atoms with E-state index in [2.05, 4.69) is 10.1 Å². The van der Waals surface area contributed by atoms with E-state index in [1.165, 1.54) is 14.2 Å². The summed E-state index contributed by atoms with van der Waals surface area (Å²) in [6, 6.07) is 11.0. The zero-order valence-electron chi connectivity index (χ0n) is 14.5. The van der Waals surface area contributed by atoms with Crippen molar-refractivity contribution < 1.29 is 19.1 Å². The third-order valence-electron chi connectivity index (χ3n) is 3.81. The molecule has 134 valence electrons. The first kappa shape index (κ1) is 17.8. The van der Waals surface area contributed by atoms with Gasteiger partial charge in [-0.1, -0.05) is 41.0 Å². The SMILES string of the molecule is COc1cc(/C=C(\Cl)c2nc(-c3ccccc3C)no2)cc(OC)c1O. The van der Waals surface area contributed by atoms with E-state index in [1.54, 1.807) is 18.2 Å². The van der Waals surface area contributed by atoms with Crippen molar-refractivity contribution in [3.05, 3.63) is 53.4 Å². The Labute approximate surface area is 155 Å². The van der Waals surface area contributed by atoms with Crippen LogP contribution in [-0.2, 0) is 0 Å². The first-order valence-electron chi connectivity index (χ1n) is 7.75. The standard InChI is InChI=1S/C19H17ClN2O4/c1-11-6-4-5-7-13(11)18-21-19(26-22-18)14(20)8-12-9-15(24-2)17(23)16(10-12)25-3/h4-10,23H,1-3H3/b14-8-. The van der Waals surface area contributed by atoms with Crippen molar-refractivity contribution in [3.63, 3.8) is 0 Å². The van der Waals surface area contributed by atoms with E-state index in [9.17, 15) is 5.11 Å². The average Bonchev–Trinajstić information content (AvgIpc) is 3.13. The third kappa shape index (κ3) is 3.50. The summed E-state index contributed by atoms with van der Waals surface area (Å²) in [6.07, 6.45) is 1.63. The Morgan fingerprint density at radius 3 is 2.42 bits per heavy atom. The molecule has 1 heterocycles. The Bertz CT molecular complexity index is 941. The summed E-state index contributed by atoms with van der Waals surface area (Å²) in [5.74, 6) is 1.11. The average molecular weight is 373 g/mol. The summed E-state index contributed by atoms with van der Waals surface area (Å²) in [5, 5.41) is 14.2. The van der Waals surface area contributed by atoms with Gasteiger partial charge in [0.15, 0.2) is 11.5 Å². The zero-order valence-corrected chi connectivity index (χ0v) is 15.2. The van der Waals surface area contributed by atoms with Gasteiger partial charge in [0, 0.05) is 5.56 Å². The van der Waals surface area contributed by atoms with Crippen molar-refractivity contribution in [1.82, 2.24) is 10.1 Å². The number of rotatable bonds is 5. The minimum atomic E-state index is -0.0806. The minimum absolute atomic E-state index is 0.0806. The molecule has 6 nitrogen and oxygen atoms in total. The summed E-state index contributed by atoms with van der Waals surface area (Å²) in [6.45, 7) is 1.97. The van der Waals surface area contributed by atoms with E-state index >= 15 is 0 Å². The van der Waals surface area contributed by atoms with Gasteiger partial charge in [0.05, 0.1) is 14.2 Å². The van der Waals surface area contributed by atoms with Gasteiger partial charge in [0.2, 0.25) is 11.6 Å². The van der Waals surface area contributed by atoms with Crippen LogP contribution in [0.4, 0.5) is 0 Å². The summed E-state index contributed by atoms with van der Waals surface area (Å²) < 4.78 is 15.5. The first-order valence-corrected chi connectivity index (χ1v) is 8.13. The van der Waals surface area contributed by atoms with Crippen LogP contribution in [0.25, 0.3) is 22.5 Å². The molecule has 7 heteroatoms. The van der Waals surface area contributed by atoms with Gasteiger partial charge in [-0.05, 0) is 36.3 Å². The number of nitrogens with zero attached hydrogens (tertiary/aromatic N) is 2. The Morgan fingerprint density at radius 2 is 1.81 bits per heavy atom. The van der Waals surface area contributed by atoms with Gasteiger partial charge in [0.25, 0.3) is 5.89 Å². The molecule has 0 unspecified atom stereocenters. The van der Waals surface area contributed by atoms with Gasteiger partial charge < -0.3 is 19.1 Å². The molecule has 0 aliphatic carbocycles. The number of halogens is 1. The van der Waals surface area contributed by atoms with Crippen molar-refractivity contribution in [3.8, 4) is 28.6 Å². The van der Waals surface area contributed by atoms with Crippen molar-refractivity contribution >= 4 is 22.7 Å². The highest BCUT2D eigenvalue weighted by atomic mass is 35.5. The number of phenolic OH excluding ortho intramolecular Hbond substituents is 1. The van der Waals surface area contributed by atoms with Gasteiger partial charge in [-0.25, -0.2) is 0 Å². The molecule has 1 N–H and O–H groups in total. The number of aromatic hydroxyl groups is 1. The van der Waals surface area contributed by atoms with Crippen LogP contribution in [0.2, 0.25) is 0 Å². The molecule has 0 atom stereocenters. The Balaban J connectivity index is 1.95. The summed E-state index contributed by atoms with van der Waals surface area (Å²) in [4.78, 5) is 4.35. The van der Waals surface area contributed by atoms with Crippen molar-refractivity contribution in [1.29, 1.82) is 0 Å². The Hall–Kier alpha value is -2.99. The maximum atomic E-state index is 9.98. The van der Waals surface area contributed by atoms with Crippen LogP contribution in [-0.4, -0.2) is 29.5 Å². The van der Waals surface area contributed by atoms with Gasteiger partial charge >= 0.3 is 0 Å². The number of hydrogen-bond donors (Lipinski definition) is 1. The predicted octanol–water partition coefficient (Wildman–Crippen LogP) is 4.50. The number of ether oxygens (including phenoxy) is 2. The molecule has 3 aromatic rings. The summed E-state index contributed by atoms with van der Waals surface area (Å²) in [5.41, 5.74) is 2.56. The van der Waals surface area contributed by atoms with Gasteiger partial charge in [-0.3, -0.25) is 0 Å². The molecule has 0 aliphatic heterocycles. The summed E-state index contributed by atoms with van der Waals surface area (Å²) >= 11 is 6.33. The molecule has 0 bridgehead atoms. The van der Waals surface area contributed by atoms with Crippen LogP contribution >= 0.6 is 11.6 Å². The highest BCUT2D eigenvalue weighted by Gasteiger charge is 2.15. The molecular weight excluding hydrogens is 356 g/mol. The van der Waals surface area contributed by atoms with Gasteiger partial charge in [-0.15, -0.1) is 0 Å². The Morgan fingerprint density at radius 1 is 1.15 bits per heavy atom. The lowest BCUT2D eigenvalue weighted by atomic mass is 10.1. The largest absolute Gasteiger partial charge is 0.502 e. The fraction of sp³-hybridized carbons (Fsp3) is 0.158. The molecule has 0 radical (unpaired) electrons. The minimum Gasteiger partial charge on any atom is -0.502 e. The van der Waals surface area contributed by atoms with E-state index < -0.39 is 0 Å². The van der Waals surface area contributed by atoms with E-state index in [1.807, 2.05) is 31.2 Å². The monoisotopic (exact) mass is 372 g/mol. The molecular formula is C19H17ClN2O4. The number of methoxy groups -OCH3 is 2. The fourth-order valence-corrected chi connectivity index (χ4v) is 2.66. The number of aryl methyl sites for hydroxylation is 1. The van der Waals surface area contributed by atoms with Crippen LogP contribution < -0.4 is 9.47 Å². The molecule has 3 rings (SSSR count). The smallest absolute Gasteiger partial charge is 0.269 e. The Kier molecular flexibility index (Phi) is 5.14. The van der Waals surface area contributed by atoms with Gasteiger partial charge in [-0.2, -0.15) is 4.98 Å². The van der Waals surface area contributed by atoms with Crippen LogP contribution in [0.15, 0.2) is 40.9 Å².